The predicted molar refractivity (Wildman–Crippen MR) is 126 cm³/mol. The van der Waals surface area contributed by atoms with Gasteiger partial charge in [0.05, 0.1) is 37.0 Å². The van der Waals surface area contributed by atoms with Crippen LogP contribution < -0.4 is 5.32 Å². The summed E-state index contributed by atoms with van der Waals surface area (Å²) in [6, 6.07) is 9.78. The second-order valence-corrected chi connectivity index (χ2v) is 7.49. The second kappa shape index (κ2) is 13.0. The van der Waals surface area contributed by atoms with Crippen LogP contribution in [0.5, 0.6) is 0 Å². The molecule has 2 saturated heterocycles. The van der Waals surface area contributed by atoms with Gasteiger partial charge in [0.2, 0.25) is 0 Å². The Morgan fingerprint density at radius 3 is 2.62 bits per heavy atom. The van der Waals surface area contributed by atoms with Crippen molar-refractivity contribution in [2.45, 2.75) is 57.8 Å². The highest BCUT2D eigenvalue weighted by atomic mass is 127. The number of hydrogen-bond donors (Lipinski definition) is 1. The Morgan fingerprint density at radius 1 is 1.24 bits per heavy atom. The van der Waals surface area contributed by atoms with E-state index in [-0.39, 0.29) is 30.1 Å². The van der Waals surface area contributed by atoms with E-state index in [9.17, 15) is 0 Å². The van der Waals surface area contributed by atoms with Crippen molar-refractivity contribution in [3.8, 4) is 6.07 Å². The number of nitrogens with zero attached hydrogens (tertiary/aromatic N) is 3. The lowest BCUT2D eigenvalue weighted by Crippen LogP contribution is -2.47. The minimum atomic E-state index is 0. The highest BCUT2D eigenvalue weighted by Gasteiger charge is 2.23. The lowest BCUT2D eigenvalue weighted by Gasteiger charge is -2.35. The molecule has 0 bridgehead atoms. The SMILES string of the molecule is CCNC(=NCc1ccc(C#N)cc1)N1CCC(OCC2CCCCO2)CC1.I. The van der Waals surface area contributed by atoms with Crippen molar-refractivity contribution in [1.29, 1.82) is 5.26 Å². The van der Waals surface area contributed by atoms with Gasteiger partial charge in [0.15, 0.2) is 5.96 Å². The molecular formula is C22H33IN4O2. The highest BCUT2D eigenvalue weighted by molar-refractivity contribution is 14.0. The maximum absolute atomic E-state index is 8.91. The zero-order chi connectivity index (χ0) is 19.6. The Kier molecular flexibility index (Phi) is 10.7. The summed E-state index contributed by atoms with van der Waals surface area (Å²) in [4.78, 5) is 7.12. The van der Waals surface area contributed by atoms with Crippen LogP contribution in [0.25, 0.3) is 0 Å². The molecule has 0 aromatic heterocycles. The van der Waals surface area contributed by atoms with Crippen LogP contribution in [0.15, 0.2) is 29.3 Å². The average Bonchev–Trinajstić information content (AvgIpc) is 2.77. The lowest BCUT2D eigenvalue weighted by atomic mass is 10.1. The molecule has 2 fully saturated rings. The van der Waals surface area contributed by atoms with Gasteiger partial charge in [0, 0.05) is 26.2 Å². The van der Waals surface area contributed by atoms with Crippen LogP contribution in [0.1, 0.15) is 50.2 Å². The number of guanidine groups is 1. The van der Waals surface area contributed by atoms with E-state index >= 15 is 0 Å². The highest BCUT2D eigenvalue weighted by Crippen LogP contribution is 2.18. The number of benzene rings is 1. The van der Waals surface area contributed by atoms with Gasteiger partial charge in [-0.05, 0) is 56.7 Å². The van der Waals surface area contributed by atoms with Gasteiger partial charge in [0.1, 0.15) is 0 Å². The molecule has 29 heavy (non-hydrogen) atoms. The summed E-state index contributed by atoms with van der Waals surface area (Å²) in [7, 11) is 0. The molecule has 7 heteroatoms. The third-order valence-electron chi connectivity index (χ3n) is 5.36. The smallest absolute Gasteiger partial charge is 0.194 e. The number of nitrogens with one attached hydrogen (secondary N) is 1. The fraction of sp³-hybridized carbons (Fsp3) is 0.636. The molecule has 1 atom stereocenters. The topological polar surface area (TPSA) is 69.9 Å². The molecular weight excluding hydrogens is 479 g/mol. The summed E-state index contributed by atoms with van der Waals surface area (Å²) in [5.74, 6) is 0.959. The molecule has 3 rings (SSSR count). The number of piperidine rings is 1. The zero-order valence-corrected chi connectivity index (χ0v) is 19.6. The van der Waals surface area contributed by atoms with E-state index in [1.54, 1.807) is 0 Å². The van der Waals surface area contributed by atoms with Crippen LogP contribution in [-0.4, -0.2) is 55.9 Å². The number of aliphatic imine (C=N–C) groups is 1. The summed E-state index contributed by atoms with van der Waals surface area (Å²) in [5, 5.41) is 12.3. The number of rotatable bonds is 6. The summed E-state index contributed by atoms with van der Waals surface area (Å²) >= 11 is 0. The minimum absolute atomic E-state index is 0. The van der Waals surface area contributed by atoms with Crippen molar-refractivity contribution < 1.29 is 9.47 Å². The number of likely N-dealkylation sites (tertiary alicyclic amines) is 1. The largest absolute Gasteiger partial charge is 0.376 e. The number of halogens is 1. The zero-order valence-electron chi connectivity index (χ0n) is 17.3. The Bertz CT molecular complexity index is 660. The van der Waals surface area contributed by atoms with Crippen LogP contribution >= 0.6 is 24.0 Å². The molecule has 0 amide bonds. The third-order valence-corrected chi connectivity index (χ3v) is 5.36. The van der Waals surface area contributed by atoms with E-state index in [0.717, 1.165) is 63.6 Å². The van der Waals surface area contributed by atoms with Gasteiger partial charge in [-0.3, -0.25) is 0 Å². The summed E-state index contributed by atoms with van der Waals surface area (Å²) in [5.41, 5.74) is 1.79. The van der Waals surface area contributed by atoms with Gasteiger partial charge in [0.25, 0.3) is 0 Å². The first-order valence-electron chi connectivity index (χ1n) is 10.5. The summed E-state index contributed by atoms with van der Waals surface area (Å²) in [6.45, 7) is 7.08. The van der Waals surface area contributed by atoms with E-state index in [4.69, 9.17) is 19.7 Å². The van der Waals surface area contributed by atoms with Gasteiger partial charge in [-0.15, -0.1) is 24.0 Å². The Labute approximate surface area is 191 Å². The van der Waals surface area contributed by atoms with Crippen LogP contribution in [0.2, 0.25) is 0 Å². The molecule has 160 valence electrons. The molecule has 2 heterocycles. The lowest BCUT2D eigenvalue weighted by molar-refractivity contribution is -0.0721. The summed E-state index contributed by atoms with van der Waals surface area (Å²) < 4.78 is 11.9. The molecule has 0 saturated carbocycles. The molecule has 0 radical (unpaired) electrons. The molecule has 2 aliphatic heterocycles. The van der Waals surface area contributed by atoms with Gasteiger partial charge >= 0.3 is 0 Å². The molecule has 1 aromatic carbocycles. The first-order chi connectivity index (χ1) is 13.8. The number of hydrogen-bond acceptors (Lipinski definition) is 4. The van der Waals surface area contributed by atoms with E-state index < -0.39 is 0 Å². The number of ether oxygens (including phenoxy) is 2. The maximum atomic E-state index is 8.91. The van der Waals surface area contributed by atoms with E-state index in [0.29, 0.717) is 18.2 Å². The van der Waals surface area contributed by atoms with Crippen molar-refractivity contribution in [3.63, 3.8) is 0 Å². The van der Waals surface area contributed by atoms with Crippen molar-refractivity contribution in [1.82, 2.24) is 10.2 Å². The molecule has 1 unspecified atom stereocenters. The first-order valence-corrected chi connectivity index (χ1v) is 10.5. The molecule has 0 spiro atoms. The molecule has 1 N–H and O–H groups in total. The van der Waals surface area contributed by atoms with Gasteiger partial charge in [-0.1, -0.05) is 12.1 Å². The average molecular weight is 512 g/mol. The third kappa shape index (κ3) is 7.76. The quantitative estimate of drug-likeness (QED) is 0.358. The first kappa shape index (κ1) is 23.9. The van der Waals surface area contributed by atoms with Gasteiger partial charge in [-0.2, -0.15) is 5.26 Å². The predicted octanol–water partition coefficient (Wildman–Crippen LogP) is 3.69. The Balaban J connectivity index is 0.00000300. The van der Waals surface area contributed by atoms with Crippen LogP contribution in [0.4, 0.5) is 0 Å². The standard InChI is InChI=1S/C22H32N4O2.HI/c1-2-24-22(25-16-19-8-6-18(15-23)7-9-19)26-12-10-20(11-13-26)28-17-21-5-3-4-14-27-21;/h6-9,20-21H,2-5,10-14,16-17H2,1H3,(H,24,25);1H. The van der Waals surface area contributed by atoms with Crippen molar-refractivity contribution >= 4 is 29.9 Å². The molecule has 1 aromatic rings. The molecule has 6 nitrogen and oxygen atoms in total. The summed E-state index contributed by atoms with van der Waals surface area (Å²) in [6.07, 6.45) is 6.23. The van der Waals surface area contributed by atoms with E-state index in [2.05, 4.69) is 23.2 Å². The second-order valence-electron chi connectivity index (χ2n) is 7.49. The van der Waals surface area contributed by atoms with Crippen molar-refractivity contribution in [2.24, 2.45) is 4.99 Å². The minimum Gasteiger partial charge on any atom is -0.376 e. The Hall–Kier alpha value is -1.37. The molecule has 0 aliphatic carbocycles. The monoisotopic (exact) mass is 512 g/mol. The van der Waals surface area contributed by atoms with E-state index in [1.807, 2.05) is 24.3 Å². The van der Waals surface area contributed by atoms with Gasteiger partial charge in [-0.25, -0.2) is 4.99 Å². The van der Waals surface area contributed by atoms with Crippen molar-refractivity contribution in [3.05, 3.63) is 35.4 Å². The van der Waals surface area contributed by atoms with Crippen LogP contribution in [0, 0.1) is 11.3 Å². The fourth-order valence-electron chi connectivity index (χ4n) is 3.69. The van der Waals surface area contributed by atoms with Crippen LogP contribution in [0.3, 0.4) is 0 Å². The van der Waals surface area contributed by atoms with E-state index in [1.165, 1.54) is 12.8 Å². The molecule has 2 aliphatic rings. The van der Waals surface area contributed by atoms with Gasteiger partial charge < -0.3 is 19.7 Å². The van der Waals surface area contributed by atoms with Crippen molar-refractivity contribution in [2.75, 3.05) is 32.8 Å². The normalized spacial score (nSPS) is 20.6. The fourth-order valence-corrected chi connectivity index (χ4v) is 3.69. The maximum Gasteiger partial charge on any atom is 0.194 e. The Morgan fingerprint density at radius 2 is 2.00 bits per heavy atom. The number of nitriles is 1. The van der Waals surface area contributed by atoms with Crippen LogP contribution in [-0.2, 0) is 16.0 Å².